The number of aromatic carboxylic acids is 1. The molecule has 0 saturated carbocycles. The van der Waals surface area contributed by atoms with Crippen LogP contribution in [0.15, 0.2) is 48.5 Å². The molecule has 1 aromatic heterocycles. The number of amides is 1. The summed E-state index contributed by atoms with van der Waals surface area (Å²) >= 11 is 0. The third-order valence-corrected chi connectivity index (χ3v) is 6.07. The predicted molar refractivity (Wildman–Crippen MR) is 131 cm³/mol. The van der Waals surface area contributed by atoms with Gasteiger partial charge in [0.1, 0.15) is 23.7 Å². The number of carbonyl (C=O) groups excluding carboxylic acids is 2. The number of carbonyl (C=O) groups is 3. The van der Waals surface area contributed by atoms with Gasteiger partial charge in [0.05, 0.1) is 5.52 Å². The monoisotopic (exact) mass is 496 g/mol. The SMILES string of the molecule is CC(C)(C)OC(=O)n1c(C(=O)O)c(C[C@@H]2CCCN2C(=O)OCc2ccccc2)c2ccc(F)cc21. The maximum absolute atomic E-state index is 14.2. The van der Waals surface area contributed by atoms with E-state index in [4.69, 9.17) is 9.47 Å². The van der Waals surface area contributed by atoms with Gasteiger partial charge in [0.25, 0.3) is 0 Å². The highest BCUT2D eigenvalue weighted by molar-refractivity contribution is 6.04. The van der Waals surface area contributed by atoms with Crippen LogP contribution in [0, 0.1) is 5.82 Å². The van der Waals surface area contributed by atoms with Crippen molar-refractivity contribution in [2.24, 2.45) is 0 Å². The van der Waals surface area contributed by atoms with Crippen LogP contribution in [0.1, 0.15) is 55.2 Å². The van der Waals surface area contributed by atoms with E-state index < -0.39 is 29.6 Å². The van der Waals surface area contributed by atoms with E-state index in [1.54, 1.807) is 25.7 Å². The fraction of sp³-hybridized carbons (Fsp3) is 0.370. The molecule has 1 N–H and O–H groups in total. The first-order valence-corrected chi connectivity index (χ1v) is 11.8. The van der Waals surface area contributed by atoms with Crippen molar-refractivity contribution in [2.75, 3.05) is 6.54 Å². The molecule has 190 valence electrons. The van der Waals surface area contributed by atoms with Crippen molar-refractivity contribution in [1.82, 2.24) is 9.47 Å². The van der Waals surface area contributed by atoms with Gasteiger partial charge in [-0.05, 0) is 69.4 Å². The number of aromatic nitrogens is 1. The number of carboxylic acids is 1. The van der Waals surface area contributed by atoms with Crippen molar-refractivity contribution in [2.45, 2.75) is 58.3 Å². The molecule has 1 atom stereocenters. The highest BCUT2D eigenvalue weighted by Crippen LogP contribution is 2.32. The van der Waals surface area contributed by atoms with Crippen LogP contribution in [0.3, 0.4) is 0 Å². The van der Waals surface area contributed by atoms with E-state index in [0.29, 0.717) is 23.9 Å². The number of hydrogen-bond acceptors (Lipinski definition) is 5. The molecule has 9 heteroatoms. The number of likely N-dealkylation sites (tertiary alicyclic amines) is 1. The van der Waals surface area contributed by atoms with Crippen molar-refractivity contribution in [1.29, 1.82) is 0 Å². The lowest BCUT2D eigenvalue weighted by Gasteiger charge is -2.24. The van der Waals surface area contributed by atoms with Crippen LogP contribution in [0.2, 0.25) is 0 Å². The number of nitrogens with zero attached hydrogens (tertiary/aromatic N) is 2. The van der Waals surface area contributed by atoms with Gasteiger partial charge in [-0.25, -0.2) is 23.3 Å². The minimum Gasteiger partial charge on any atom is -0.477 e. The molecule has 1 aliphatic rings. The van der Waals surface area contributed by atoms with Crippen LogP contribution in [0.4, 0.5) is 14.0 Å². The number of hydrogen-bond donors (Lipinski definition) is 1. The van der Waals surface area contributed by atoms with E-state index in [2.05, 4.69) is 0 Å². The molecule has 1 aliphatic heterocycles. The molecule has 0 aliphatic carbocycles. The van der Waals surface area contributed by atoms with Gasteiger partial charge >= 0.3 is 18.2 Å². The number of ether oxygens (including phenoxy) is 2. The summed E-state index contributed by atoms with van der Waals surface area (Å²) in [6, 6.07) is 12.8. The smallest absolute Gasteiger partial charge is 0.419 e. The van der Waals surface area contributed by atoms with Gasteiger partial charge in [-0.15, -0.1) is 0 Å². The lowest BCUT2D eigenvalue weighted by atomic mass is 10.0. The van der Waals surface area contributed by atoms with Crippen LogP contribution in [-0.2, 0) is 22.5 Å². The van der Waals surface area contributed by atoms with Crippen LogP contribution in [0.25, 0.3) is 10.9 Å². The number of halogens is 1. The largest absolute Gasteiger partial charge is 0.477 e. The molecule has 1 fully saturated rings. The lowest BCUT2D eigenvalue weighted by Crippen LogP contribution is -2.37. The zero-order valence-corrected chi connectivity index (χ0v) is 20.5. The minimum absolute atomic E-state index is 0.104. The average molecular weight is 497 g/mol. The van der Waals surface area contributed by atoms with Crippen LogP contribution < -0.4 is 0 Å². The summed E-state index contributed by atoms with van der Waals surface area (Å²) in [5, 5.41) is 10.5. The maximum Gasteiger partial charge on any atom is 0.419 e. The molecule has 4 rings (SSSR count). The number of fused-ring (bicyclic) bond motifs is 1. The van der Waals surface area contributed by atoms with Crippen LogP contribution in [-0.4, -0.2) is 50.9 Å². The van der Waals surface area contributed by atoms with Crippen LogP contribution in [0.5, 0.6) is 0 Å². The third-order valence-electron chi connectivity index (χ3n) is 6.07. The molecule has 0 radical (unpaired) electrons. The van der Waals surface area contributed by atoms with E-state index in [0.717, 1.165) is 22.6 Å². The molecule has 0 spiro atoms. The standard InChI is InChI=1S/C27H29FN2O6/c1-27(2,3)36-26(34)30-22-14-18(28)11-12-20(22)21(23(30)24(31)32)15-19-10-7-13-29(19)25(33)35-16-17-8-5-4-6-9-17/h4-6,8-9,11-12,14,19H,7,10,13,15-16H2,1-3H3,(H,31,32)/t19-/m0/s1. The van der Waals surface area contributed by atoms with Gasteiger partial charge in [0.2, 0.25) is 0 Å². The van der Waals surface area contributed by atoms with Gasteiger partial charge in [-0.3, -0.25) is 0 Å². The topological polar surface area (TPSA) is 98.1 Å². The zero-order valence-electron chi connectivity index (χ0n) is 20.5. The molecule has 1 saturated heterocycles. The summed E-state index contributed by atoms with van der Waals surface area (Å²) in [5.74, 6) is -1.95. The molecule has 8 nitrogen and oxygen atoms in total. The fourth-order valence-electron chi connectivity index (χ4n) is 4.58. The normalized spacial score (nSPS) is 15.8. The molecule has 1 amide bonds. The molecule has 0 unspecified atom stereocenters. The van der Waals surface area contributed by atoms with Crippen molar-refractivity contribution < 1.29 is 33.4 Å². The Bertz CT molecular complexity index is 1300. The Kier molecular flexibility index (Phi) is 7.01. The second-order valence-electron chi connectivity index (χ2n) is 9.84. The summed E-state index contributed by atoms with van der Waals surface area (Å²) in [7, 11) is 0. The molecule has 2 heterocycles. The molecular weight excluding hydrogens is 467 g/mol. The molecule has 2 aromatic carbocycles. The molecule has 3 aromatic rings. The Morgan fingerprint density at radius 2 is 1.81 bits per heavy atom. The van der Waals surface area contributed by atoms with Crippen molar-refractivity contribution in [3.8, 4) is 0 Å². The number of carboxylic acid groups (broad SMARTS) is 1. The first-order chi connectivity index (χ1) is 17.0. The Morgan fingerprint density at radius 1 is 1.08 bits per heavy atom. The molecular formula is C27H29FN2O6. The van der Waals surface area contributed by atoms with Crippen molar-refractivity contribution in [3.05, 3.63) is 71.2 Å². The Labute approximate surface area is 208 Å². The third kappa shape index (κ3) is 5.35. The van der Waals surface area contributed by atoms with Gasteiger partial charge in [0, 0.05) is 18.0 Å². The second-order valence-corrected chi connectivity index (χ2v) is 9.84. The number of rotatable bonds is 5. The first-order valence-electron chi connectivity index (χ1n) is 11.8. The van der Waals surface area contributed by atoms with Gasteiger partial charge in [-0.2, -0.15) is 0 Å². The first kappa shape index (κ1) is 25.2. The lowest BCUT2D eigenvalue weighted by molar-refractivity contribution is 0.0511. The van der Waals surface area contributed by atoms with E-state index in [1.165, 1.54) is 12.1 Å². The zero-order chi connectivity index (χ0) is 26.0. The van der Waals surface area contributed by atoms with E-state index in [-0.39, 0.29) is 30.3 Å². The van der Waals surface area contributed by atoms with E-state index in [9.17, 15) is 23.9 Å². The predicted octanol–water partition coefficient (Wildman–Crippen LogP) is 5.61. The number of benzene rings is 2. The Balaban J connectivity index is 1.67. The summed E-state index contributed by atoms with van der Waals surface area (Å²) in [4.78, 5) is 39.9. The van der Waals surface area contributed by atoms with E-state index >= 15 is 0 Å². The quantitative estimate of drug-likeness (QED) is 0.493. The summed E-state index contributed by atoms with van der Waals surface area (Å²) in [6.07, 6.45) is 0.138. The summed E-state index contributed by atoms with van der Waals surface area (Å²) in [5.41, 5.74) is 0.123. The van der Waals surface area contributed by atoms with Crippen molar-refractivity contribution >= 4 is 29.1 Å². The highest BCUT2D eigenvalue weighted by atomic mass is 19.1. The molecule has 36 heavy (non-hydrogen) atoms. The average Bonchev–Trinajstić information content (AvgIpc) is 3.40. The maximum atomic E-state index is 14.2. The minimum atomic E-state index is -1.34. The summed E-state index contributed by atoms with van der Waals surface area (Å²) < 4.78 is 26.0. The van der Waals surface area contributed by atoms with Gasteiger partial charge in [0.15, 0.2) is 0 Å². The Hall–Kier alpha value is -3.88. The van der Waals surface area contributed by atoms with Crippen LogP contribution >= 0.6 is 0 Å². The Morgan fingerprint density at radius 3 is 2.47 bits per heavy atom. The highest BCUT2D eigenvalue weighted by Gasteiger charge is 2.35. The van der Waals surface area contributed by atoms with E-state index in [1.807, 2.05) is 30.3 Å². The van der Waals surface area contributed by atoms with Gasteiger partial charge < -0.3 is 19.5 Å². The van der Waals surface area contributed by atoms with Gasteiger partial charge in [-0.1, -0.05) is 30.3 Å². The second kappa shape index (κ2) is 10.0. The fourth-order valence-corrected chi connectivity index (χ4v) is 4.58. The summed E-state index contributed by atoms with van der Waals surface area (Å²) in [6.45, 7) is 5.59. The van der Waals surface area contributed by atoms with Crippen molar-refractivity contribution in [3.63, 3.8) is 0 Å². The molecule has 0 bridgehead atoms.